The molecule has 0 saturated heterocycles. The molecule has 0 bridgehead atoms. The van der Waals surface area contributed by atoms with E-state index in [1.807, 2.05) is 6.92 Å². The highest BCUT2D eigenvalue weighted by Gasteiger charge is 2.14. The molecule has 0 radical (unpaired) electrons. The molecule has 0 saturated carbocycles. The summed E-state index contributed by atoms with van der Waals surface area (Å²) in [6, 6.07) is 2.98. The first-order valence-corrected chi connectivity index (χ1v) is 7.24. The van der Waals surface area contributed by atoms with Crippen molar-refractivity contribution in [1.29, 1.82) is 0 Å². The third-order valence-corrected chi connectivity index (χ3v) is 3.09. The average molecular weight is 336 g/mol. The van der Waals surface area contributed by atoms with Gasteiger partial charge in [0, 0.05) is 10.5 Å². The van der Waals surface area contributed by atoms with Gasteiger partial charge in [0.15, 0.2) is 11.6 Å². The molecule has 0 aliphatic rings. The van der Waals surface area contributed by atoms with Gasteiger partial charge in [-0.2, -0.15) is 4.39 Å². The van der Waals surface area contributed by atoms with E-state index in [4.69, 9.17) is 4.74 Å². The lowest BCUT2D eigenvalue weighted by atomic mass is 10.2. The summed E-state index contributed by atoms with van der Waals surface area (Å²) in [5, 5.41) is 3.30. The Hall–Kier alpha value is -0.680. The quantitative estimate of drug-likeness (QED) is 0.593. The van der Waals surface area contributed by atoms with Crippen LogP contribution in [0.25, 0.3) is 0 Å². The fourth-order valence-electron chi connectivity index (χ4n) is 1.67. The van der Waals surface area contributed by atoms with E-state index < -0.39 is 11.6 Å². The zero-order valence-corrected chi connectivity index (χ0v) is 13.1. The highest BCUT2D eigenvalue weighted by molar-refractivity contribution is 9.10. The SMILES string of the molecule is CC(C)NCCCC(C)Oc1cc(Br)cc(F)c1F. The van der Waals surface area contributed by atoms with Gasteiger partial charge in [-0.1, -0.05) is 29.8 Å². The van der Waals surface area contributed by atoms with Gasteiger partial charge in [-0.05, 0) is 38.4 Å². The van der Waals surface area contributed by atoms with Crippen LogP contribution in [0, 0.1) is 11.6 Å². The van der Waals surface area contributed by atoms with Crippen LogP contribution >= 0.6 is 15.9 Å². The second-order valence-electron chi connectivity index (χ2n) is 4.88. The van der Waals surface area contributed by atoms with E-state index in [-0.39, 0.29) is 11.9 Å². The molecule has 1 atom stereocenters. The van der Waals surface area contributed by atoms with Crippen molar-refractivity contribution in [3.63, 3.8) is 0 Å². The third kappa shape index (κ3) is 5.87. The van der Waals surface area contributed by atoms with Crippen LogP contribution in [0.15, 0.2) is 16.6 Å². The van der Waals surface area contributed by atoms with Crippen molar-refractivity contribution >= 4 is 15.9 Å². The van der Waals surface area contributed by atoms with Gasteiger partial charge in [-0.25, -0.2) is 4.39 Å². The van der Waals surface area contributed by atoms with Crippen molar-refractivity contribution in [2.75, 3.05) is 6.54 Å². The van der Waals surface area contributed by atoms with Crippen molar-refractivity contribution < 1.29 is 13.5 Å². The monoisotopic (exact) mass is 335 g/mol. The molecule has 108 valence electrons. The maximum atomic E-state index is 13.5. The maximum Gasteiger partial charge on any atom is 0.200 e. The molecule has 0 amide bonds. The number of benzene rings is 1. The van der Waals surface area contributed by atoms with Crippen LogP contribution in [-0.4, -0.2) is 18.7 Å². The summed E-state index contributed by atoms with van der Waals surface area (Å²) in [4.78, 5) is 0. The summed E-state index contributed by atoms with van der Waals surface area (Å²) in [6.07, 6.45) is 1.56. The number of rotatable bonds is 7. The van der Waals surface area contributed by atoms with Crippen molar-refractivity contribution in [2.24, 2.45) is 0 Å². The number of ether oxygens (including phenoxy) is 1. The van der Waals surface area contributed by atoms with Crippen molar-refractivity contribution in [3.05, 3.63) is 28.2 Å². The number of nitrogens with one attached hydrogen (secondary N) is 1. The molecule has 0 fully saturated rings. The fourth-order valence-corrected chi connectivity index (χ4v) is 2.08. The first-order chi connectivity index (χ1) is 8.90. The minimum Gasteiger partial charge on any atom is -0.487 e. The largest absolute Gasteiger partial charge is 0.487 e. The molecular weight excluding hydrogens is 316 g/mol. The van der Waals surface area contributed by atoms with Gasteiger partial charge in [0.05, 0.1) is 6.10 Å². The molecule has 0 aliphatic carbocycles. The number of hydrogen-bond donors (Lipinski definition) is 1. The molecule has 0 aliphatic heterocycles. The lowest BCUT2D eigenvalue weighted by Gasteiger charge is -2.16. The highest BCUT2D eigenvalue weighted by atomic mass is 79.9. The maximum absolute atomic E-state index is 13.5. The Kier molecular flexibility index (Phi) is 6.72. The van der Waals surface area contributed by atoms with Crippen molar-refractivity contribution in [2.45, 2.75) is 45.8 Å². The topological polar surface area (TPSA) is 21.3 Å². The summed E-state index contributed by atoms with van der Waals surface area (Å²) >= 11 is 3.12. The molecule has 1 unspecified atom stereocenters. The van der Waals surface area contributed by atoms with Gasteiger partial charge in [0.1, 0.15) is 0 Å². The van der Waals surface area contributed by atoms with Crippen molar-refractivity contribution in [1.82, 2.24) is 5.32 Å². The van der Waals surface area contributed by atoms with E-state index >= 15 is 0 Å². The predicted molar refractivity (Wildman–Crippen MR) is 76.5 cm³/mol. The molecule has 0 aromatic heterocycles. The first kappa shape index (κ1) is 16.4. The molecule has 0 heterocycles. The minimum absolute atomic E-state index is 0.0452. The first-order valence-electron chi connectivity index (χ1n) is 6.44. The molecule has 1 aromatic carbocycles. The zero-order chi connectivity index (χ0) is 14.4. The van der Waals surface area contributed by atoms with Gasteiger partial charge in [-0.3, -0.25) is 0 Å². The minimum atomic E-state index is -0.935. The molecule has 19 heavy (non-hydrogen) atoms. The Morgan fingerprint density at radius 1 is 1.26 bits per heavy atom. The highest BCUT2D eigenvalue weighted by Crippen LogP contribution is 2.26. The van der Waals surface area contributed by atoms with Crippen LogP contribution < -0.4 is 10.1 Å². The van der Waals surface area contributed by atoms with Gasteiger partial charge in [-0.15, -0.1) is 0 Å². The predicted octanol–water partition coefficient (Wildman–Crippen LogP) is 4.27. The summed E-state index contributed by atoms with van der Waals surface area (Å²) in [6.45, 7) is 6.91. The third-order valence-electron chi connectivity index (χ3n) is 2.63. The van der Waals surface area contributed by atoms with Crippen LogP contribution in [0.1, 0.15) is 33.6 Å². The number of halogens is 3. The molecule has 5 heteroatoms. The van der Waals surface area contributed by atoms with E-state index in [1.54, 1.807) is 0 Å². The molecule has 0 spiro atoms. The van der Waals surface area contributed by atoms with Crippen LogP contribution in [0.2, 0.25) is 0 Å². The van der Waals surface area contributed by atoms with Gasteiger partial charge < -0.3 is 10.1 Å². The standard InChI is InChI=1S/C14H20BrF2NO/c1-9(2)18-6-4-5-10(3)19-13-8-11(15)7-12(16)14(13)17/h7-10,18H,4-6H2,1-3H3. The van der Waals surface area contributed by atoms with Gasteiger partial charge >= 0.3 is 0 Å². The lowest BCUT2D eigenvalue weighted by Crippen LogP contribution is -2.25. The summed E-state index contributed by atoms with van der Waals surface area (Å²) in [5.41, 5.74) is 0. The van der Waals surface area contributed by atoms with E-state index in [0.29, 0.717) is 10.5 Å². The zero-order valence-electron chi connectivity index (χ0n) is 11.5. The Labute approximate surface area is 121 Å². The van der Waals surface area contributed by atoms with Crippen molar-refractivity contribution in [3.8, 4) is 5.75 Å². The normalized spacial score (nSPS) is 12.8. The van der Waals surface area contributed by atoms with E-state index in [0.717, 1.165) is 25.5 Å². The fraction of sp³-hybridized carbons (Fsp3) is 0.571. The molecule has 1 aromatic rings. The van der Waals surface area contributed by atoms with E-state index in [1.165, 1.54) is 6.07 Å². The van der Waals surface area contributed by atoms with Crippen LogP contribution in [-0.2, 0) is 0 Å². The Bertz CT molecular complexity index is 413. The molecule has 2 nitrogen and oxygen atoms in total. The van der Waals surface area contributed by atoms with E-state index in [2.05, 4.69) is 35.1 Å². The molecule has 1 rings (SSSR count). The lowest BCUT2D eigenvalue weighted by molar-refractivity contribution is 0.195. The summed E-state index contributed by atoms with van der Waals surface area (Å²) in [5.74, 6) is -1.88. The second kappa shape index (κ2) is 7.80. The Morgan fingerprint density at radius 2 is 1.95 bits per heavy atom. The van der Waals surface area contributed by atoms with E-state index in [9.17, 15) is 8.78 Å². The second-order valence-corrected chi connectivity index (χ2v) is 5.79. The van der Waals surface area contributed by atoms with Crippen LogP contribution in [0.4, 0.5) is 8.78 Å². The molecule has 1 N–H and O–H groups in total. The van der Waals surface area contributed by atoms with Gasteiger partial charge in [0.2, 0.25) is 5.82 Å². The smallest absolute Gasteiger partial charge is 0.200 e. The van der Waals surface area contributed by atoms with Crippen LogP contribution in [0.5, 0.6) is 5.75 Å². The Balaban J connectivity index is 2.46. The van der Waals surface area contributed by atoms with Gasteiger partial charge in [0.25, 0.3) is 0 Å². The summed E-state index contributed by atoms with van der Waals surface area (Å²) in [7, 11) is 0. The summed E-state index contributed by atoms with van der Waals surface area (Å²) < 4.78 is 32.6. The molecular formula is C14H20BrF2NO. The Morgan fingerprint density at radius 3 is 2.58 bits per heavy atom. The average Bonchev–Trinajstić information content (AvgIpc) is 2.31. The number of hydrogen-bond acceptors (Lipinski definition) is 2. The van der Waals surface area contributed by atoms with Crippen LogP contribution in [0.3, 0.4) is 0 Å².